The fourth-order valence-corrected chi connectivity index (χ4v) is 4.09. The van der Waals surface area contributed by atoms with Gasteiger partial charge in [0.25, 0.3) is 0 Å². The van der Waals surface area contributed by atoms with E-state index in [1.165, 1.54) is 23.9 Å². The maximum atomic E-state index is 13.3. The highest BCUT2D eigenvalue weighted by molar-refractivity contribution is 7.98. The van der Waals surface area contributed by atoms with Gasteiger partial charge in [-0.3, -0.25) is 9.55 Å². The summed E-state index contributed by atoms with van der Waals surface area (Å²) in [6, 6.07) is 17.0. The van der Waals surface area contributed by atoms with Gasteiger partial charge in [-0.15, -0.1) is 10.2 Å². The number of aromatic nitrogens is 4. The van der Waals surface area contributed by atoms with Crippen molar-refractivity contribution in [3.63, 3.8) is 0 Å². The van der Waals surface area contributed by atoms with E-state index in [1.54, 1.807) is 24.5 Å². The van der Waals surface area contributed by atoms with E-state index < -0.39 is 11.7 Å². The SMILES string of the molecule is Cc1ccccc1-n1c(SCc2ccccc2C(F)(F)F)nnc1-c1cccnc1. The summed E-state index contributed by atoms with van der Waals surface area (Å²) in [5, 5.41) is 9.12. The van der Waals surface area contributed by atoms with Gasteiger partial charge >= 0.3 is 6.18 Å². The Morgan fingerprint density at radius 3 is 2.43 bits per heavy atom. The fraction of sp³-hybridized carbons (Fsp3) is 0.136. The number of nitrogens with zero attached hydrogens (tertiary/aromatic N) is 4. The number of aryl methyl sites for hydroxylation is 1. The van der Waals surface area contributed by atoms with Gasteiger partial charge in [-0.2, -0.15) is 13.2 Å². The second-order valence-electron chi connectivity index (χ2n) is 6.61. The first-order valence-electron chi connectivity index (χ1n) is 9.15. The molecular formula is C22H17F3N4S. The lowest BCUT2D eigenvalue weighted by Crippen LogP contribution is -2.08. The molecule has 2 aromatic heterocycles. The van der Waals surface area contributed by atoms with Gasteiger partial charge in [0.05, 0.1) is 11.3 Å². The summed E-state index contributed by atoms with van der Waals surface area (Å²) in [7, 11) is 0. The molecule has 2 heterocycles. The molecule has 4 rings (SSSR count). The van der Waals surface area contributed by atoms with E-state index in [2.05, 4.69) is 15.2 Å². The fourth-order valence-electron chi connectivity index (χ4n) is 3.14. The van der Waals surface area contributed by atoms with Crippen LogP contribution in [0.5, 0.6) is 0 Å². The van der Waals surface area contributed by atoms with Crippen LogP contribution in [0.15, 0.2) is 78.2 Å². The van der Waals surface area contributed by atoms with Crippen LogP contribution >= 0.6 is 11.8 Å². The Kier molecular flexibility index (Phi) is 5.59. The van der Waals surface area contributed by atoms with Gasteiger partial charge in [0.1, 0.15) is 0 Å². The van der Waals surface area contributed by atoms with E-state index in [1.807, 2.05) is 41.8 Å². The summed E-state index contributed by atoms with van der Waals surface area (Å²) in [6.45, 7) is 1.97. The van der Waals surface area contributed by atoms with Crippen molar-refractivity contribution in [3.8, 4) is 17.1 Å². The summed E-state index contributed by atoms with van der Waals surface area (Å²) < 4.78 is 41.9. The van der Waals surface area contributed by atoms with E-state index in [0.717, 1.165) is 22.9 Å². The van der Waals surface area contributed by atoms with Crippen LogP contribution in [0.25, 0.3) is 17.1 Å². The molecule has 0 bridgehead atoms. The molecule has 0 aliphatic rings. The number of hydrogen-bond donors (Lipinski definition) is 0. The molecule has 0 saturated heterocycles. The molecular weight excluding hydrogens is 409 g/mol. The number of alkyl halides is 3. The van der Waals surface area contributed by atoms with Crippen LogP contribution in [0.4, 0.5) is 13.2 Å². The average Bonchev–Trinajstić information content (AvgIpc) is 3.16. The Bertz CT molecular complexity index is 1160. The van der Waals surface area contributed by atoms with Crippen molar-refractivity contribution in [2.24, 2.45) is 0 Å². The molecule has 4 nitrogen and oxygen atoms in total. The minimum Gasteiger partial charge on any atom is -0.270 e. The Labute approximate surface area is 175 Å². The topological polar surface area (TPSA) is 43.6 Å². The molecule has 0 unspecified atom stereocenters. The van der Waals surface area contributed by atoms with Gasteiger partial charge in [0.15, 0.2) is 11.0 Å². The summed E-state index contributed by atoms with van der Waals surface area (Å²) in [5.41, 5.74) is 2.22. The third kappa shape index (κ3) is 4.09. The largest absolute Gasteiger partial charge is 0.416 e. The molecule has 152 valence electrons. The molecule has 8 heteroatoms. The first-order valence-corrected chi connectivity index (χ1v) is 10.1. The maximum absolute atomic E-state index is 13.3. The molecule has 0 atom stereocenters. The van der Waals surface area contributed by atoms with Crippen molar-refractivity contribution in [1.82, 2.24) is 19.7 Å². The van der Waals surface area contributed by atoms with Gasteiger partial charge in [0, 0.05) is 23.7 Å². The van der Waals surface area contributed by atoms with E-state index in [0.29, 0.717) is 11.0 Å². The van der Waals surface area contributed by atoms with Crippen molar-refractivity contribution >= 4 is 11.8 Å². The summed E-state index contributed by atoms with van der Waals surface area (Å²) in [4.78, 5) is 4.15. The standard InChI is InChI=1S/C22H17F3N4S/c1-15-7-2-5-11-19(15)29-20(16-9-6-12-26-13-16)27-28-21(29)30-14-17-8-3-4-10-18(17)22(23,24)25/h2-13H,14H2,1H3. The van der Waals surface area contributed by atoms with Crippen LogP contribution in [-0.4, -0.2) is 19.7 Å². The number of rotatable bonds is 5. The van der Waals surface area contributed by atoms with Crippen LogP contribution in [-0.2, 0) is 11.9 Å². The van der Waals surface area contributed by atoms with Crippen LogP contribution in [0.1, 0.15) is 16.7 Å². The van der Waals surface area contributed by atoms with Gasteiger partial charge in [0.2, 0.25) is 0 Å². The van der Waals surface area contributed by atoms with Crippen LogP contribution in [0.2, 0.25) is 0 Å². The highest BCUT2D eigenvalue weighted by Crippen LogP contribution is 2.36. The Hall–Kier alpha value is -3.13. The zero-order chi connectivity index (χ0) is 21.1. The monoisotopic (exact) mass is 426 g/mol. The molecule has 0 aliphatic carbocycles. The molecule has 0 saturated carbocycles. The van der Waals surface area contributed by atoms with Gasteiger partial charge in [-0.1, -0.05) is 48.2 Å². The maximum Gasteiger partial charge on any atom is 0.416 e. The minimum absolute atomic E-state index is 0.118. The number of benzene rings is 2. The second-order valence-corrected chi connectivity index (χ2v) is 7.56. The van der Waals surface area contributed by atoms with E-state index in [9.17, 15) is 13.2 Å². The molecule has 0 N–H and O–H groups in total. The van der Waals surface area contributed by atoms with Crippen LogP contribution in [0, 0.1) is 6.92 Å². The summed E-state index contributed by atoms with van der Waals surface area (Å²) in [5.74, 6) is 0.705. The lowest BCUT2D eigenvalue weighted by atomic mass is 10.1. The average molecular weight is 426 g/mol. The molecule has 0 amide bonds. The number of para-hydroxylation sites is 1. The van der Waals surface area contributed by atoms with E-state index in [-0.39, 0.29) is 11.3 Å². The first-order chi connectivity index (χ1) is 14.4. The minimum atomic E-state index is -4.40. The number of thioether (sulfide) groups is 1. The van der Waals surface area contributed by atoms with E-state index >= 15 is 0 Å². The van der Waals surface area contributed by atoms with Gasteiger partial charge in [-0.05, 0) is 42.3 Å². The molecule has 30 heavy (non-hydrogen) atoms. The zero-order valence-electron chi connectivity index (χ0n) is 16.0. The van der Waals surface area contributed by atoms with Gasteiger partial charge < -0.3 is 0 Å². The number of hydrogen-bond acceptors (Lipinski definition) is 4. The third-order valence-corrected chi connectivity index (χ3v) is 5.57. The molecule has 4 aromatic rings. The van der Waals surface area contributed by atoms with Gasteiger partial charge in [-0.25, -0.2) is 0 Å². The molecule has 0 aliphatic heterocycles. The number of halogens is 3. The highest BCUT2D eigenvalue weighted by Gasteiger charge is 2.33. The smallest absolute Gasteiger partial charge is 0.270 e. The molecule has 2 aromatic carbocycles. The highest BCUT2D eigenvalue weighted by atomic mass is 32.2. The van der Waals surface area contributed by atoms with Crippen molar-refractivity contribution in [1.29, 1.82) is 0 Å². The van der Waals surface area contributed by atoms with Crippen molar-refractivity contribution in [2.45, 2.75) is 24.0 Å². The number of pyridine rings is 1. The summed E-state index contributed by atoms with van der Waals surface area (Å²) >= 11 is 1.22. The molecule has 0 fully saturated rings. The predicted octanol–water partition coefficient (Wildman–Crippen LogP) is 5.95. The predicted molar refractivity (Wildman–Crippen MR) is 110 cm³/mol. The van der Waals surface area contributed by atoms with Crippen molar-refractivity contribution in [2.75, 3.05) is 0 Å². The third-order valence-electron chi connectivity index (χ3n) is 4.59. The molecule has 0 radical (unpaired) electrons. The second kappa shape index (κ2) is 8.31. The zero-order valence-corrected chi connectivity index (χ0v) is 16.8. The summed E-state index contributed by atoms with van der Waals surface area (Å²) in [6.07, 6.45) is -1.05. The molecule has 0 spiro atoms. The van der Waals surface area contributed by atoms with Crippen molar-refractivity contribution in [3.05, 3.63) is 89.7 Å². The Morgan fingerprint density at radius 1 is 0.933 bits per heavy atom. The quantitative estimate of drug-likeness (QED) is 0.370. The van der Waals surface area contributed by atoms with Crippen LogP contribution in [0.3, 0.4) is 0 Å². The Balaban J connectivity index is 1.75. The normalized spacial score (nSPS) is 11.6. The Morgan fingerprint density at radius 2 is 1.70 bits per heavy atom. The first kappa shape index (κ1) is 20.2. The lowest BCUT2D eigenvalue weighted by molar-refractivity contribution is -0.138. The van der Waals surface area contributed by atoms with E-state index in [4.69, 9.17) is 0 Å². The lowest BCUT2D eigenvalue weighted by Gasteiger charge is -2.14. The van der Waals surface area contributed by atoms with Crippen LogP contribution < -0.4 is 0 Å². The van der Waals surface area contributed by atoms with Crippen molar-refractivity contribution < 1.29 is 13.2 Å².